The number of halogens is 3. The molecule has 112 valence electrons. The molecule has 0 saturated heterocycles. The topological polar surface area (TPSA) is 50.2 Å². The monoisotopic (exact) mass is 323 g/mol. The summed E-state index contributed by atoms with van der Waals surface area (Å²) < 4.78 is 39.1. The molecular weight excluding hydrogens is 315 g/mol. The highest BCUT2D eigenvalue weighted by molar-refractivity contribution is 7.16. The Morgan fingerprint density at radius 2 is 1.82 bits per heavy atom. The number of hydrogen-bond acceptors (Lipinski definition) is 4. The van der Waals surface area contributed by atoms with Gasteiger partial charge in [0, 0.05) is 11.8 Å². The minimum absolute atomic E-state index is 0.110. The van der Waals surface area contributed by atoms with Gasteiger partial charge in [0.25, 0.3) is 0 Å². The van der Waals surface area contributed by atoms with Crippen molar-refractivity contribution < 1.29 is 18.3 Å². The Kier molecular flexibility index (Phi) is 3.37. The molecule has 1 N–H and O–H groups in total. The van der Waals surface area contributed by atoms with Crippen LogP contribution in [0.2, 0.25) is 0 Å². The number of fused-ring (bicyclic) bond motifs is 1. The van der Waals surface area contributed by atoms with E-state index in [2.05, 4.69) is 4.98 Å². The quantitative estimate of drug-likeness (QED) is 0.735. The van der Waals surface area contributed by atoms with Gasteiger partial charge in [0.15, 0.2) is 5.75 Å². The molecule has 2 heterocycles. The van der Waals surface area contributed by atoms with Crippen LogP contribution in [0.3, 0.4) is 0 Å². The number of hydrogen-bond donors (Lipinski definition) is 1. The molecule has 0 aliphatic heterocycles. The fourth-order valence-corrected chi connectivity index (χ4v) is 3.10. The molecule has 0 fully saturated rings. The van der Waals surface area contributed by atoms with Crippen molar-refractivity contribution in [3.63, 3.8) is 0 Å². The van der Waals surface area contributed by atoms with Crippen molar-refractivity contribution in [2.24, 2.45) is 0 Å². The standard InChI is InChI=1S/C15H8F3NO2S/c16-15(17,18)9-5-2-1-4-8(9)11-13(20)12-10(22-14(11)21)6-3-7-19-12/h1-7,20H. The maximum atomic E-state index is 13.1. The van der Waals surface area contributed by atoms with E-state index in [1.54, 1.807) is 12.1 Å². The van der Waals surface area contributed by atoms with E-state index >= 15 is 0 Å². The molecule has 0 radical (unpaired) electrons. The molecule has 3 rings (SSSR count). The number of alkyl halides is 3. The normalized spacial score (nSPS) is 11.8. The third-order valence-electron chi connectivity index (χ3n) is 3.14. The third-order valence-corrected chi connectivity index (χ3v) is 4.08. The predicted octanol–water partition coefficient (Wildman–Crippen LogP) is 4.05. The number of aromatic hydroxyl groups is 1. The first-order chi connectivity index (χ1) is 10.4. The van der Waals surface area contributed by atoms with Gasteiger partial charge >= 0.3 is 6.18 Å². The molecule has 3 nitrogen and oxygen atoms in total. The first-order valence-electron chi connectivity index (χ1n) is 6.17. The van der Waals surface area contributed by atoms with Crippen LogP contribution < -0.4 is 4.74 Å². The lowest BCUT2D eigenvalue weighted by Gasteiger charge is -2.13. The van der Waals surface area contributed by atoms with Crippen molar-refractivity contribution in [3.8, 4) is 16.9 Å². The maximum Gasteiger partial charge on any atom is 0.417 e. The number of rotatable bonds is 1. The molecule has 0 amide bonds. The van der Waals surface area contributed by atoms with E-state index < -0.39 is 22.2 Å². The summed E-state index contributed by atoms with van der Waals surface area (Å²) in [6.07, 6.45) is -3.22. The first-order valence-corrected chi connectivity index (χ1v) is 6.98. The molecule has 0 saturated carbocycles. The zero-order valence-corrected chi connectivity index (χ0v) is 11.7. The fraction of sp³-hybridized carbons (Fsp3) is 0.0667. The highest BCUT2D eigenvalue weighted by atomic mass is 32.1. The molecule has 0 spiro atoms. The van der Waals surface area contributed by atoms with Crippen molar-refractivity contribution in [2.45, 2.75) is 6.18 Å². The number of aromatic nitrogens is 1. The second-order valence-electron chi connectivity index (χ2n) is 4.51. The van der Waals surface area contributed by atoms with Crippen molar-refractivity contribution in [3.05, 3.63) is 57.7 Å². The van der Waals surface area contributed by atoms with Crippen LogP contribution in [0.1, 0.15) is 5.56 Å². The van der Waals surface area contributed by atoms with E-state index in [9.17, 15) is 23.1 Å². The van der Waals surface area contributed by atoms with Gasteiger partial charge in [-0.2, -0.15) is 13.2 Å². The highest BCUT2D eigenvalue weighted by Crippen LogP contribution is 2.40. The Morgan fingerprint density at radius 1 is 1.09 bits per heavy atom. The second kappa shape index (κ2) is 5.10. The lowest BCUT2D eigenvalue weighted by Crippen LogP contribution is -2.10. The molecule has 22 heavy (non-hydrogen) atoms. The zero-order valence-electron chi connectivity index (χ0n) is 10.9. The Labute approximate surface area is 126 Å². The highest BCUT2D eigenvalue weighted by Gasteiger charge is 2.34. The van der Waals surface area contributed by atoms with Crippen molar-refractivity contribution in [1.82, 2.24) is 4.98 Å². The van der Waals surface area contributed by atoms with Crippen molar-refractivity contribution in [1.29, 1.82) is 0 Å². The van der Waals surface area contributed by atoms with Crippen LogP contribution in [0.25, 0.3) is 21.3 Å². The molecule has 7 heteroatoms. The molecular formula is C15H8F3NO2S. The van der Waals surface area contributed by atoms with Gasteiger partial charge in [-0.1, -0.05) is 29.5 Å². The molecule has 0 atom stereocenters. The van der Waals surface area contributed by atoms with Gasteiger partial charge in [0.1, 0.15) is 5.52 Å². The van der Waals surface area contributed by atoms with Crippen LogP contribution in [0.15, 0.2) is 47.4 Å². The molecule has 2 aromatic heterocycles. The Hall–Kier alpha value is -2.41. The van der Waals surface area contributed by atoms with Crippen LogP contribution in [0.5, 0.6) is 5.75 Å². The largest absolute Gasteiger partial charge is 0.505 e. The summed E-state index contributed by atoms with van der Waals surface area (Å²) in [6, 6.07) is 7.82. The van der Waals surface area contributed by atoms with Gasteiger partial charge in [0.05, 0.1) is 15.8 Å². The second-order valence-corrected chi connectivity index (χ2v) is 5.52. The number of nitrogens with zero attached hydrogens (tertiary/aromatic N) is 1. The lowest BCUT2D eigenvalue weighted by atomic mass is 10.0. The average molecular weight is 323 g/mol. The summed E-state index contributed by atoms with van der Waals surface area (Å²) in [6.45, 7) is 0. The third kappa shape index (κ3) is 2.33. The number of benzene rings is 1. The average Bonchev–Trinajstić information content (AvgIpc) is 2.47. The van der Waals surface area contributed by atoms with E-state index in [0.29, 0.717) is 4.70 Å². The van der Waals surface area contributed by atoms with Gasteiger partial charge in [-0.15, -0.1) is 0 Å². The van der Waals surface area contributed by atoms with E-state index in [1.165, 1.54) is 24.4 Å². The molecule has 3 aromatic rings. The fourth-order valence-electron chi connectivity index (χ4n) is 2.20. The SMILES string of the molecule is O=c1sc2cccnc2c(O)c1-c1ccccc1C(F)(F)F. The summed E-state index contributed by atoms with van der Waals surface area (Å²) in [5.74, 6) is -0.531. The Balaban J connectivity index is 2.40. The summed E-state index contributed by atoms with van der Waals surface area (Å²) in [5, 5.41) is 10.3. The van der Waals surface area contributed by atoms with Gasteiger partial charge in [-0.25, -0.2) is 0 Å². The van der Waals surface area contributed by atoms with Gasteiger partial charge < -0.3 is 5.11 Å². The van der Waals surface area contributed by atoms with E-state index in [1.807, 2.05) is 0 Å². The smallest absolute Gasteiger partial charge is 0.417 e. The van der Waals surface area contributed by atoms with Crippen molar-refractivity contribution >= 4 is 21.6 Å². The van der Waals surface area contributed by atoms with E-state index in [4.69, 9.17) is 0 Å². The van der Waals surface area contributed by atoms with Crippen LogP contribution in [-0.2, 0) is 6.18 Å². The molecule has 0 bridgehead atoms. The molecule has 0 aliphatic rings. The summed E-state index contributed by atoms with van der Waals surface area (Å²) >= 11 is 0.751. The lowest BCUT2D eigenvalue weighted by molar-refractivity contribution is -0.137. The zero-order chi connectivity index (χ0) is 15.9. The van der Waals surface area contributed by atoms with Gasteiger partial charge in [0.2, 0.25) is 4.74 Å². The van der Waals surface area contributed by atoms with Crippen LogP contribution in [0, 0.1) is 0 Å². The van der Waals surface area contributed by atoms with E-state index in [0.717, 1.165) is 17.4 Å². The van der Waals surface area contributed by atoms with Gasteiger partial charge in [-0.3, -0.25) is 9.78 Å². The minimum Gasteiger partial charge on any atom is -0.505 e. The summed E-state index contributed by atoms with van der Waals surface area (Å²) in [4.78, 5) is 16.1. The summed E-state index contributed by atoms with van der Waals surface area (Å²) in [7, 11) is 0. The van der Waals surface area contributed by atoms with Crippen LogP contribution >= 0.6 is 11.3 Å². The first kappa shape index (κ1) is 14.5. The molecule has 1 aromatic carbocycles. The van der Waals surface area contributed by atoms with E-state index in [-0.39, 0.29) is 16.6 Å². The molecule has 0 unspecified atom stereocenters. The van der Waals surface area contributed by atoms with Crippen LogP contribution in [-0.4, -0.2) is 10.1 Å². The Bertz CT molecular complexity index is 919. The minimum atomic E-state index is -4.63. The maximum absolute atomic E-state index is 13.1. The molecule has 0 aliphatic carbocycles. The Morgan fingerprint density at radius 3 is 2.55 bits per heavy atom. The van der Waals surface area contributed by atoms with Crippen LogP contribution in [0.4, 0.5) is 13.2 Å². The van der Waals surface area contributed by atoms with Crippen molar-refractivity contribution in [2.75, 3.05) is 0 Å². The summed E-state index contributed by atoms with van der Waals surface area (Å²) in [5.41, 5.74) is -1.57. The van der Waals surface area contributed by atoms with Gasteiger partial charge in [-0.05, 0) is 18.2 Å². The number of pyridine rings is 1. The predicted molar refractivity (Wildman–Crippen MR) is 78.0 cm³/mol.